The van der Waals surface area contributed by atoms with Gasteiger partial charge in [-0.15, -0.1) is 0 Å². The number of hydrogen-bond acceptors (Lipinski definition) is 4. The predicted molar refractivity (Wildman–Crippen MR) is 96.5 cm³/mol. The van der Waals surface area contributed by atoms with Gasteiger partial charge in [0.05, 0.1) is 14.2 Å². The van der Waals surface area contributed by atoms with Crippen LogP contribution in [0, 0.1) is 0 Å². The Hall–Kier alpha value is -3.14. The first-order chi connectivity index (χ1) is 12.3. The van der Waals surface area contributed by atoms with Crippen molar-refractivity contribution >= 4 is 0 Å². The molecule has 0 saturated carbocycles. The fraction of sp³-hybridized carbons (Fsp3) is 0.143. The van der Waals surface area contributed by atoms with E-state index in [-0.39, 0.29) is 6.79 Å². The summed E-state index contributed by atoms with van der Waals surface area (Å²) in [5, 5.41) is 0. The molecule has 0 atom stereocenters. The Balaban J connectivity index is 1.64. The quantitative estimate of drug-likeness (QED) is 0.689. The Kier molecular flexibility index (Phi) is 3.94. The highest BCUT2D eigenvalue weighted by Crippen LogP contribution is 2.37. The maximum Gasteiger partial charge on any atom is 0.231 e. The summed E-state index contributed by atoms with van der Waals surface area (Å²) < 4.78 is 21.5. The van der Waals surface area contributed by atoms with E-state index in [9.17, 15) is 0 Å². The first-order valence-electron chi connectivity index (χ1n) is 8.01. The maximum absolute atomic E-state index is 5.45. The molecule has 0 fully saturated rings. The average Bonchev–Trinajstić information content (AvgIpc) is 3.15. The van der Waals surface area contributed by atoms with Gasteiger partial charge >= 0.3 is 0 Å². The highest BCUT2D eigenvalue weighted by atomic mass is 16.7. The zero-order chi connectivity index (χ0) is 17.2. The van der Waals surface area contributed by atoms with Gasteiger partial charge in [-0.1, -0.05) is 36.4 Å². The summed E-state index contributed by atoms with van der Waals surface area (Å²) in [7, 11) is 3.28. The monoisotopic (exact) mass is 334 g/mol. The van der Waals surface area contributed by atoms with Crippen LogP contribution in [0.25, 0.3) is 22.3 Å². The molecule has 0 spiro atoms. The summed E-state index contributed by atoms with van der Waals surface area (Å²) in [6, 6.07) is 20.3. The third kappa shape index (κ3) is 2.87. The fourth-order valence-corrected chi connectivity index (χ4v) is 2.95. The highest BCUT2D eigenvalue weighted by Gasteiger charge is 2.14. The van der Waals surface area contributed by atoms with Gasteiger partial charge in [0.2, 0.25) is 6.79 Å². The van der Waals surface area contributed by atoms with Crippen molar-refractivity contribution in [1.82, 2.24) is 0 Å². The smallest absolute Gasteiger partial charge is 0.231 e. The average molecular weight is 334 g/mol. The molecule has 4 heteroatoms. The molecule has 0 bridgehead atoms. The minimum atomic E-state index is 0.289. The van der Waals surface area contributed by atoms with Crippen LogP contribution in [0.3, 0.4) is 0 Å². The molecule has 25 heavy (non-hydrogen) atoms. The molecule has 0 aliphatic carbocycles. The van der Waals surface area contributed by atoms with Crippen LogP contribution in [-0.4, -0.2) is 21.0 Å². The zero-order valence-electron chi connectivity index (χ0n) is 14.1. The molecule has 0 N–H and O–H groups in total. The van der Waals surface area contributed by atoms with Crippen LogP contribution in [0.2, 0.25) is 0 Å². The van der Waals surface area contributed by atoms with Crippen molar-refractivity contribution in [2.24, 2.45) is 0 Å². The molecule has 0 amide bonds. The number of methoxy groups -OCH3 is 2. The standard InChI is InChI=1S/C21H18O4/c1-22-18-9-7-16(11-20(18)23-2)14-3-5-15(6-4-14)17-8-10-19-21(12-17)25-13-24-19/h3-12H,13H2,1-2H3. The maximum atomic E-state index is 5.45. The number of ether oxygens (including phenoxy) is 4. The van der Waals surface area contributed by atoms with E-state index in [0.717, 1.165) is 45.3 Å². The molecule has 0 radical (unpaired) electrons. The Bertz CT molecular complexity index is 900. The lowest BCUT2D eigenvalue weighted by atomic mass is 10.00. The van der Waals surface area contributed by atoms with Crippen molar-refractivity contribution < 1.29 is 18.9 Å². The van der Waals surface area contributed by atoms with Crippen molar-refractivity contribution in [2.45, 2.75) is 0 Å². The second kappa shape index (κ2) is 6.40. The molecule has 3 aromatic rings. The van der Waals surface area contributed by atoms with Gasteiger partial charge < -0.3 is 18.9 Å². The van der Waals surface area contributed by atoms with Crippen molar-refractivity contribution in [3.63, 3.8) is 0 Å². The van der Waals surface area contributed by atoms with Crippen molar-refractivity contribution in [3.05, 3.63) is 60.7 Å². The summed E-state index contributed by atoms with van der Waals surface area (Å²) in [6.45, 7) is 0.289. The second-order valence-corrected chi connectivity index (χ2v) is 5.72. The lowest BCUT2D eigenvalue weighted by Gasteiger charge is -2.10. The van der Waals surface area contributed by atoms with Crippen LogP contribution in [0.15, 0.2) is 60.7 Å². The minimum absolute atomic E-state index is 0.289. The van der Waals surface area contributed by atoms with E-state index in [4.69, 9.17) is 18.9 Å². The number of rotatable bonds is 4. The van der Waals surface area contributed by atoms with Crippen LogP contribution in [0.1, 0.15) is 0 Å². The van der Waals surface area contributed by atoms with E-state index < -0.39 is 0 Å². The van der Waals surface area contributed by atoms with Crippen molar-refractivity contribution in [1.29, 1.82) is 0 Å². The highest BCUT2D eigenvalue weighted by molar-refractivity contribution is 5.73. The minimum Gasteiger partial charge on any atom is -0.493 e. The van der Waals surface area contributed by atoms with Gasteiger partial charge in [-0.2, -0.15) is 0 Å². The van der Waals surface area contributed by atoms with Crippen LogP contribution in [-0.2, 0) is 0 Å². The first kappa shape index (κ1) is 15.4. The molecular weight excluding hydrogens is 316 g/mol. The molecule has 4 rings (SSSR count). The lowest BCUT2D eigenvalue weighted by molar-refractivity contribution is 0.174. The molecule has 4 nitrogen and oxygen atoms in total. The van der Waals surface area contributed by atoms with Gasteiger partial charge in [-0.25, -0.2) is 0 Å². The predicted octanol–water partition coefficient (Wildman–Crippen LogP) is 4.77. The van der Waals surface area contributed by atoms with E-state index in [2.05, 4.69) is 24.3 Å². The molecule has 0 unspecified atom stereocenters. The van der Waals surface area contributed by atoms with Crippen LogP contribution < -0.4 is 18.9 Å². The number of fused-ring (bicyclic) bond motifs is 1. The Morgan fingerprint density at radius 3 is 1.84 bits per heavy atom. The number of hydrogen-bond donors (Lipinski definition) is 0. The molecular formula is C21H18O4. The van der Waals surface area contributed by atoms with Crippen molar-refractivity contribution in [2.75, 3.05) is 21.0 Å². The Morgan fingerprint density at radius 1 is 0.600 bits per heavy atom. The molecule has 1 aliphatic heterocycles. The molecule has 126 valence electrons. The number of benzene rings is 3. The van der Waals surface area contributed by atoms with Crippen LogP contribution >= 0.6 is 0 Å². The van der Waals surface area contributed by atoms with E-state index in [1.54, 1.807) is 14.2 Å². The second-order valence-electron chi connectivity index (χ2n) is 5.72. The van der Waals surface area contributed by atoms with Gasteiger partial charge in [0, 0.05) is 0 Å². The third-order valence-electron chi connectivity index (χ3n) is 4.31. The third-order valence-corrected chi connectivity index (χ3v) is 4.31. The zero-order valence-corrected chi connectivity index (χ0v) is 14.1. The molecule has 1 heterocycles. The lowest BCUT2D eigenvalue weighted by Crippen LogP contribution is -1.92. The summed E-state index contributed by atoms with van der Waals surface area (Å²) in [4.78, 5) is 0. The Morgan fingerprint density at radius 2 is 1.16 bits per heavy atom. The summed E-state index contributed by atoms with van der Waals surface area (Å²) in [6.07, 6.45) is 0. The SMILES string of the molecule is COc1ccc(-c2ccc(-c3ccc4c(c3)OCO4)cc2)cc1OC. The van der Waals surface area contributed by atoms with E-state index in [0.29, 0.717) is 0 Å². The van der Waals surface area contributed by atoms with E-state index >= 15 is 0 Å². The summed E-state index contributed by atoms with van der Waals surface area (Å²) in [5.41, 5.74) is 4.42. The topological polar surface area (TPSA) is 36.9 Å². The largest absolute Gasteiger partial charge is 0.493 e. The van der Waals surface area contributed by atoms with Crippen LogP contribution in [0.5, 0.6) is 23.0 Å². The first-order valence-corrected chi connectivity index (χ1v) is 8.01. The Labute approximate surface area is 146 Å². The fourth-order valence-electron chi connectivity index (χ4n) is 2.95. The summed E-state index contributed by atoms with van der Waals surface area (Å²) in [5.74, 6) is 3.04. The van der Waals surface area contributed by atoms with Gasteiger partial charge in [0.1, 0.15) is 0 Å². The van der Waals surface area contributed by atoms with Crippen LogP contribution in [0.4, 0.5) is 0 Å². The normalized spacial score (nSPS) is 12.1. The van der Waals surface area contributed by atoms with Gasteiger partial charge in [-0.05, 0) is 46.5 Å². The molecule has 0 aromatic heterocycles. The van der Waals surface area contributed by atoms with E-state index in [1.807, 2.05) is 36.4 Å². The van der Waals surface area contributed by atoms with Gasteiger partial charge in [0.25, 0.3) is 0 Å². The molecule has 3 aromatic carbocycles. The molecule has 0 saturated heterocycles. The van der Waals surface area contributed by atoms with E-state index in [1.165, 1.54) is 0 Å². The van der Waals surface area contributed by atoms with Gasteiger partial charge in [-0.3, -0.25) is 0 Å². The van der Waals surface area contributed by atoms with Gasteiger partial charge in [0.15, 0.2) is 23.0 Å². The molecule has 1 aliphatic rings. The summed E-state index contributed by atoms with van der Waals surface area (Å²) >= 11 is 0. The van der Waals surface area contributed by atoms with Crippen molar-refractivity contribution in [3.8, 4) is 45.3 Å².